The quantitative estimate of drug-likeness (QED) is 0.307. The number of hydrogen-bond acceptors (Lipinski definition) is 10. The number of epoxide rings is 1. The van der Waals surface area contributed by atoms with Gasteiger partial charge in [0, 0.05) is 25.2 Å². The van der Waals surface area contributed by atoms with Gasteiger partial charge in [-0.1, -0.05) is 27.7 Å². The summed E-state index contributed by atoms with van der Waals surface area (Å²) in [6.45, 7) is 10.4. The Morgan fingerprint density at radius 3 is 2.39 bits per heavy atom. The molecule has 3 heterocycles. The van der Waals surface area contributed by atoms with Crippen molar-refractivity contribution in [3.63, 3.8) is 0 Å². The summed E-state index contributed by atoms with van der Waals surface area (Å²) >= 11 is 0. The molecule has 0 bridgehead atoms. The molecule has 0 amide bonds. The zero-order valence-corrected chi connectivity index (χ0v) is 23.0. The second-order valence-corrected chi connectivity index (χ2v) is 12.3. The average molecular weight is 537 g/mol. The molecule has 5 rings (SSSR count). The fourth-order valence-electron chi connectivity index (χ4n) is 7.86. The van der Waals surface area contributed by atoms with Gasteiger partial charge in [0.1, 0.15) is 18.3 Å². The van der Waals surface area contributed by atoms with E-state index in [0.29, 0.717) is 6.42 Å². The molecule has 5 aliphatic rings. The Kier molecular flexibility index (Phi) is 6.84. The minimum absolute atomic E-state index is 0.00729. The third-order valence-electron chi connectivity index (χ3n) is 10.0. The van der Waals surface area contributed by atoms with Crippen molar-refractivity contribution in [2.45, 2.75) is 97.1 Å². The van der Waals surface area contributed by atoms with E-state index >= 15 is 0 Å². The van der Waals surface area contributed by atoms with Gasteiger partial charge < -0.3 is 33.5 Å². The summed E-state index contributed by atoms with van der Waals surface area (Å²) < 4.78 is 36.0. The molecule has 4 fully saturated rings. The van der Waals surface area contributed by atoms with Crippen LogP contribution in [0.5, 0.6) is 0 Å². The molecule has 10 heteroatoms. The van der Waals surface area contributed by atoms with E-state index in [1.165, 1.54) is 13.8 Å². The smallest absolute Gasteiger partial charge is 0.308 e. The number of carbonyl (C=O) groups excluding carboxylic acids is 3. The number of rotatable bonds is 6. The molecule has 1 N–H and O–H groups in total. The summed E-state index contributed by atoms with van der Waals surface area (Å²) in [5.41, 5.74) is -2.81. The average Bonchev–Trinajstić information content (AvgIpc) is 3.31. The Labute approximate surface area is 223 Å². The van der Waals surface area contributed by atoms with Gasteiger partial charge in [-0.3, -0.25) is 14.4 Å². The zero-order chi connectivity index (χ0) is 27.6. The van der Waals surface area contributed by atoms with E-state index in [-0.39, 0.29) is 49.8 Å². The van der Waals surface area contributed by atoms with Crippen molar-refractivity contribution in [2.24, 2.45) is 34.5 Å². The molecule has 38 heavy (non-hydrogen) atoms. The molecule has 3 aliphatic heterocycles. The lowest BCUT2D eigenvalue weighted by molar-refractivity contribution is -0.284. The zero-order valence-electron chi connectivity index (χ0n) is 23.0. The maximum Gasteiger partial charge on any atom is 0.308 e. The first-order valence-electron chi connectivity index (χ1n) is 13.7. The van der Waals surface area contributed by atoms with Crippen LogP contribution in [0.2, 0.25) is 0 Å². The van der Waals surface area contributed by atoms with Gasteiger partial charge in [0.05, 0.1) is 36.4 Å². The topological polar surface area (TPSA) is 130 Å². The van der Waals surface area contributed by atoms with Crippen molar-refractivity contribution in [3.8, 4) is 0 Å². The van der Waals surface area contributed by atoms with E-state index in [2.05, 4.69) is 13.8 Å². The first-order chi connectivity index (χ1) is 17.9. The molecule has 1 spiro atoms. The fourth-order valence-corrected chi connectivity index (χ4v) is 7.86. The fraction of sp³-hybridized carbons (Fsp3) is 0.821. The maximum atomic E-state index is 12.8. The number of aliphatic hydroxyl groups is 1. The van der Waals surface area contributed by atoms with Crippen LogP contribution in [0, 0.1) is 34.5 Å². The van der Waals surface area contributed by atoms with Crippen LogP contribution in [0.3, 0.4) is 0 Å². The van der Waals surface area contributed by atoms with Gasteiger partial charge in [0.15, 0.2) is 6.10 Å². The Bertz CT molecular complexity index is 1000. The third kappa shape index (κ3) is 3.97. The molecular weight excluding hydrogens is 496 g/mol. The van der Waals surface area contributed by atoms with Gasteiger partial charge in [0.25, 0.3) is 0 Å². The number of fused-ring (bicyclic) bond motifs is 3. The van der Waals surface area contributed by atoms with Gasteiger partial charge in [-0.05, 0) is 37.2 Å². The first kappa shape index (κ1) is 27.4. The molecular formula is C28H40O10. The molecule has 2 saturated heterocycles. The Hall–Kier alpha value is -2.17. The minimum Gasteiger partial charge on any atom is -0.472 e. The van der Waals surface area contributed by atoms with Crippen molar-refractivity contribution in [2.75, 3.05) is 13.2 Å². The summed E-state index contributed by atoms with van der Waals surface area (Å²) in [6.07, 6.45) is 1.79. The summed E-state index contributed by atoms with van der Waals surface area (Å²) in [5.74, 6) is -2.05. The lowest BCUT2D eigenvalue weighted by Gasteiger charge is -2.65. The lowest BCUT2D eigenvalue weighted by atomic mass is 9.41. The SMILES string of the molecule is CC(=O)OC[C@@]12[C@@H](OC(C)=O)C[C@@H](C)[C@](C)(C3C[C@H]4C=CO[C@H]4O3)[C@H]1C[C@@H](O)[C@H](OC(=O)C(C)C)C21CO1. The van der Waals surface area contributed by atoms with E-state index in [9.17, 15) is 19.5 Å². The predicted octanol–water partition coefficient (Wildman–Crippen LogP) is 2.51. The second-order valence-electron chi connectivity index (χ2n) is 12.3. The number of hydrogen-bond donors (Lipinski definition) is 1. The van der Waals surface area contributed by atoms with E-state index < -0.39 is 58.6 Å². The molecule has 0 aromatic carbocycles. The maximum absolute atomic E-state index is 12.8. The molecule has 11 atom stereocenters. The van der Waals surface area contributed by atoms with Crippen molar-refractivity contribution < 1.29 is 47.9 Å². The van der Waals surface area contributed by atoms with Crippen LogP contribution in [-0.4, -0.2) is 72.5 Å². The molecule has 0 radical (unpaired) electrons. The number of ether oxygens (including phenoxy) is 6. The highest BCUT2D eigenvalue weighted by atomic mass is 16.7. The van der Waals surface area contributed by atoms with Crippen molar-refractivity contribution in [3.05, 3.63) is 12.3 Å². The molecule has 2 aliphatic carbocycles. The first-order valence-corrected chi connectivity index (χ1v) is 13.7. The van der Waals surface area contributed by atoms with Gasteiger partial charge in [0.2, 0.25) is 6.29 Å². The van der Waals surface area contributed by atoms with Crippen molar-refractivity contribution in [1.82, 2.24) is 0 Å². The summed E-state index contributed by atoms with van der Waals surface area (Å²) in [6, 6.07) is 0. The molecule has 0 aromatic rings. The monoisotopic (exact) mass is 536 g/mol. The molecule has 10 nitrogen and oxygen atoms in total. The summed E-state index contributed by atoms with van der Waals surface area (Å²) in [7, 11) is 0. The van der Waals surface area contributed by atoms with E-state index in [1.54, 1.807) is 20.1 Å². The van der Waals surface area contributed by atoms with Gasteiger partial charge in [-0.15, -0.1) is 0 Å². The van der Waals surface area contributed by atoms with Gasteiger partial charge in [-0.2, -0.15) is 0 Å². The molecule has 212 valence electrons. The van der Waals surface area contributed by atoms with Crippen LogP contribution in [0.25, 0.3) is 0 Å². The minimum atomic E-state index is -1.19. The number of esters is 3. The Balaban J connectivity index is 1.64. The van der Waals surface area contributed by atoms with Gasteiger partial charge in [-0.25, -0.2) is 0 Å². The molecule has 2 saturated carbocycles. The summed E-state index contributed by atoms with van der Waals surface area (Å²) in [4.78, 5) is 37.4. The normalized spacial score (nSPS) is 46.7. The van der Waals surface area contributed by atoms with E-state index in [1.807, 2.05) is 6.08 Å². The molecule has 2 unspecified atom stereocenters. The highest BCUT2D eigenvalue weighted by molar-refractivity contribution is 5.72. The largest absolute Gasteiger partial charge is 0.472 e. The predicted molar refractivity (Wildman–Crippen MR) is 131 cm³/mol. The van der Waals surface area contributed by atoms with Crippen LogP contribution in [0.1, 0.15) is 60.8 Å². The highest BCUT2D eigenvalue weighted by Crippen LogP contribution is 2.70. The van der Waals surface area contributed by atoms with Crippen molar-refractivity contribution >= 4 is 17.9 Å². The van der Waals surface area contributed by atoms with Crippen LogP contribution in [0.15, 0.2) is 12.3 Å². The Morgan fingerprint density at radius 1 is 1.11 bits per heavy atom. The van der Waals surface area contributed by atoms with Crippen LogP contribution in [-0.2, 0) is 42.8 Å². The van der Waals surface area contributed by atoms with Crippen molar-refractivity contribution in [1.29, 1.82) is 0 Å². The van der Waals surface area contributed by atoms with Gasteiger partial charge >= 0.3 is 17.9 Å². The standard InChI is InChI=1S/C28H40O10/c1-14(2)24(32)38-23-19(31)11-20-26(6,21-10-18-7-8-33-25(18)37-21)15(3)9-22(36-17(5)30)27(20,12-34-16(4)29)28(23)13-35-28/h7-8,14-15,18-23,25,31H,9-13H2,1-6H3/t15-,18-,19-,20-,21?,22+,23+,25+,26+,27+,28?/m1/s1. The number of carbonyl (C=O) groups is 3. The van der Waals surface area contributed by atoms with E-state index in [4.69, 9.17) is 28.4 Å². The lowest BCUT2D eigenvalue weighted by Crippen LogP contribution is -2.74. The van der Waals surface area contributed by atoms with E-state index in [0.717, 1.165) is 6.42 Å². The second kappa shape index (κ2) is 9.48. The van der Waals surface area contributed by atoms with Crippen LogP contribution >= 0.6 is 0 Å². The molecule has 0 aromatic heterocycles. The van der Waals surface area contributed by atoms with Crippen LogP contribution in [0.4, 0.5) is 0 Å². The highest BCUT2D eigenvalue weighted by Gasteiger charge is 2.81. The summed E-state index contributed by atoms with van der Waals surface area (Å²) in [5, 5.41) is 11.5. The van der Waals surface area contributed by atoms with Crippen LogP contribution < -0.4 is 0 Å². The Morgan fingerprint density at radius 2 is 1.82 bits per heavy atom. The third-order valence-corrected chi connectivity index (χ3v) is 10.0. The number of aliphatic hydroxyl groups excluding tert-OH is 1.